The van der Waals surface area contributed by atoms with Gasteiger partial charge in [-0.3, -0.25) is 0 Å². The van der Waals surface area contributed by atoms with E-state index in [0.717, 1.165) is 4.88 Å². The molecule has 1 unspecified atom stereocenters. The number of aliphatic hydroxyl groups is 1. The molecule has 1 atom stereocenters. The number of aliphatic hydroxyl groups excluding tert-OH is 1. The van der Waals surface area contributed by atoms with E-state index < -0.39 is 6.10 Å². The van der Waals surface area contributed by atoms with Crippen LogP contribution in [0.3, 0.4) is 0 Å². The molecule has 5 heteroatoms. The van der Waals surface area contributed by atoms with Gasteiger partial charge in [-0.05, 0) is 15.5 Å². The second-order valence-corrected chi connectivity index (χ2v) is 4.46. The third kappa shape index (κ3) is 3.58. The summed E-state index contributed by atoms with van der Waals surface area (Å²) in [5.74, 6) is -0.389. The highest BCUT2D eigenvalue weighted by Crippen LogP contribution is 2.25. The van der Waals surface area contributed by atoms with Crippen molar-refractivity contribution in [2.24, 2.45) is 0 Å². The molecule has 0 amide bonds. The standard InChI is InChI=1S/C10H11IO3S/c1-14-10(13)7(6-11)5-8(12)9-3-2-4-15-9/h2-4,6,8,12H,5H2,1H3/b7-6+. The first-order valence-corrected chi connectivity index (χ1v) is 6.40. The molecular weight excluding hydrogens is 327 g/mol. The molecule has 0 bridgehead atoms. The highest BCUT2D eigenvalue weighted by molar-refractivity contribution is 14.1. The van der Waals surface area contributed by atoms with Crippen LogP contribution < -0.4 is 0 Å². The van der Waals surface area contributed by atoms with Crippen LogP contribution in [0.2, 0.25) is 0 Å². The first kappa shape index (κ1) is 12.7. The number of hydrogen-bond donors (Lipinski definition) is 1. The molecule has 1 heterocycles. The lowest BCUT2D eigenvalue weighted by Crippen LogP contribution is -2.08. The average Bonchev–Trinajstić information content (AvgIpc) is 2.77. The molecule has 82 valence electrons. The zero-order valence-electron chi connectivity index (χ0n) is 8.14. The van der Waals surface area contributed by atoms with Crippen molar-refractivity contribution in [1.29, 1.82) is 0 Å². The van der Waals surface area contributed by atoms with E-state index >= 15 is 0 Å². The Kier molecular flexibility index (Phi) is 5.27. The van der Waals surface area contributed by atoms with Crippen molar-refractivity contribution in [1.82, 2.24) is 0 Å². The van der Waals surface area contributed by atoms with Crippen LogP contribution in [-0.2, 0) is 9.53 Å². The summed E-state index contributed by atoms with van der Waals surface area (Å²) in [7, 11) is 1.33. The van der Waals surface area contributed by atoms with E-state index in [1.807, 2.05) is 40.1 Å². The quantitative estimate of drug-likeness (QED) is 0.522. The van der Waals surface area contributed by atoms with Crippen molar-refractivity contribution >= 4 is 39.9 Å². The lowest BCUT2D eigenvalue weighted by Gasteiger charge is -2.09. The Labute approximate surface area is 106 Å². The van der Waals surface area contributed by atoms with Crippen LogP contribution in [0, 0.1) is 0 Å². The van der Waals surface area contributed by atoms with Gasteiger partial charge in [0.25, 0.3) is 0 Å². The van der Waals surface area contributed by atoms with Gasteiger partial charge in [0.05, 0.1) is 13.2 Å². The minimum atomic E-state index is -0.634. The summed E-state index contributed by atoms with van der Waals surface area (Å²) in [4.78, 5) is 12.1. The van der Waals surface area contributed by atoms with Gasteiger partial charge in [-0.2, -0.15) is 0 Å². The van der Waals surface area contributed by atoms with Gasteiger partial charge in [0.1, 0.15) is 0 Å². The van der Waals surface area contributed by atoms with Crippen LogP contribution in [0.1, 0.15) is 17.4 Å². The summed E-state index contributed by atoms with van der Waals surface area (Å²) in [5, 5.41) is 11.7. The Balaban J connectivity index is 2.65. The van der Waals surface area contributed by atoms with Crippen molar-refractivity contribution in [3.63, 3.8) is 0 Å². The minimum absolute atomic E-state index is 0.288. The number of carbonyl (C=O) groups is 1. The average molecular weight is 338 g/mol. The van der Waals surface area contributed by atoms with Crippen molar-refractivity contribution < 1.29 is 14.6 Å². The van der Waals surface area contributed by atoms with Crippen LogP contribution in [-0.4, -0.2) is 18.2 Å². The first-order chi connectivity index (χ1) is 7.19. The van der Waals surface area contributed by atoms with E-state index in [1.54, 1.807) is 4.08 Å². The predicted molar refractivity (Wildman–Crippen MR) is 68.0 cm³/mol. The Morgan fingerprint density at radius 2 is 2.53 bits per heavy atom. The maximum absolute atomic E-state index is 11.2. The molecule has 0 saturated heterocycles. The van der Waals surface area contributed by atoms with Crippen LogP contribution in [0.5, 0.6) is 0 Å². The maximum atomic E-state index is 11.2. The van der Waals surface area contributed by atoms with Gasteiger partial charge in [0.2, 0.25) is 0 Å². The molecule has 1 aromatic heterocycles. The van der Waals surface area contributed by atoms with Crippen LogP contribution in [0.15, 0.2) is 27.2 Å². The molecule has 0 radical (unpaired) electrons. The summed E-state index contributed by atoms with van der Waals surface area (Å²) >= 11 is 3.44. The van der Waals surface area contributed by atoms with Gasteiger partial charge in [-0.1, -0.05) is 28.7 Å². The molecule has 1 aromatic rings. The van der Waals surface area contributed by atoms with Gasteiger partial charge >= 0.3 is 5.97 Å². The molecule has 0 aromatic carbocycles. The number of methoxy groups -OCH3 is 1. The number of esters is 1. The van der Waals surface area contributed by atoms with Gasteiger partial charge in [0, 0.05) is 16.9 Å². The molecular formula is C10H11IO3S. The van der Waals surface area contributed by atoms with Crippen LogP contribution in [0.25, 0.3) is 0 Å². The number of halogens is 1. The molecule has 1 rings (SSSR count). The number of ether oxygens (including phenoxy) is 1. The Hall–Kier alpha value is -0.400. The third-order valence-corrected chi connectivity index (χ3v) is 3.59. The first-order valence-electron chi connectivity index (χ1n) is 4.28. The zero-order valence-corrected chi connectivity index (χ0v) is 11.1. The van der Waals surface area contributed by atoms with Crippen LogP contribution >= 0.6 is 33.9 Å². The number of thiophene rings is 1. The minimum Gasteiger partial charge on any atom is -0.466 e. The molecule has 0 fully saturated rings. The van der Waals surface area contributed by atoms with E-state index in [4.69, 9.17) is 0 Å². The van der Waals surface area contributed by atoms with Crippen molar-refractivity contribution in [2.45, 2.75) is 12.5 Å². The molecule has 0 aliphatic rings. The SMILES string of the molecule is COC(=O)/C(=C/I)CC(O)c1cccs1. The fourth-order valence-electron chi connectivity index (χ4n) is 1.09. The molecule has 15 heavy (non-hydrogen) atoms. The summed E-state index contributed by atoms with van der Waals surface area (Å²) in [6.07, 6.45) is -0.346. The van der Waals surface area contributed by atoms with Gasteiger partial charge in [-0.15, -0.1) is 11.3 Å². The van der Waals surface area contributed by atoms with Crippen LogP contribution in [0.4, 0.5) is 0 Å². The number of carbonyl (C=O) groups excluding carboxylic acids is 1. The molecule has 3 nitrogen and oxygen atoms in total. The Morgan fingerprint density at radius 3 is 3.00 bits per heavy atom. The molecule has 0 saturated carbocycles. The smallest absolute Gasteiger partial charge is 0.334 e. The monoisotopic (exact) mass is 338 g/mol. The molecule has 0 spiro atoms. The Morgan fingerprint density at radius 1 is 1.80 bits per heavy atom. The normalized spacial score (nSPS) is 13.7. The summed E-state index contributed by atoms with van der Waals surface area (Å²) < 4.78 is 6.24. The molecule has 0 aliphatic heterocycles. The van der Waals surface area contributed by atoms with Crippen molar-refractivity contribution in [3.05, 3.63) is 32.0 Å². The van der Waals surface area contributed by atoms with E-state index in [2.05, 4.69) is 4.74 Å². The van der Waals surface area contributed by atoms with E-state index in [9.17, 15) is 9.90 Å². The maximum Gasteiger partial charge on any atom is 0.334 e. The van der Waals surface area contributed by atoms with Gasteiger partial charge in [-0.25, -0.2) is 4.79 Å². The largest absolute Gasteiger partial charge is 0.466 e. The summed E-state index contributed by atoms with van der Waals surface area (Å²) in [5.41, 5.74) is 0.485. The fraction of sp³-hybridized carbons (Fsp3) is 0.300. The highest BCUT2D eigenvalue weighted by atomic mass is 127. The lowest BCUT2D eigenvalue weighted by atomic mass is 10.1. The third-order valence-electron chi connectivity index (χ3n) is 1.86. The number of rotatable bonds is 4. The van der Waals surface area contributed by atoms with Gasteiger partial charge in [0.15, 0.2) is 0 Å². The van der Waals surface area contributed by atoms with Gasteiger partial charge < -0.3 is 9.84 Å². The van der Waals surface area contributed by atoms with E-state index in [-0.39, 0.29) is 12.4 Å². The van der Waals surface area contributed by atoms with E-state index in [0.29, 0.717) is 5.57 Å². The topological polar surface area (TPSA) is 46.5 Å². The van der Waals surface area contributed by atoms with Crippen molar-refractivity contribution in [2.75, 3.05) is 7.11 Å². The number of hydrogen-bond acceptors (Lipinski definition) is 4. The zero-order chi connectivity index (χ0) is 11.3. The molecule has 0 aliphatic carbocycles. The second-order valence-electron chi connectivity index (χ2n) is 2.86. The van der Waals surface area contributed by atoms with Crippen molar-refractivity contribution in [3.8, 4) is 0 Å². The molecule has 1 N–H and O–H groups in total. The summed E-state index contributed by atoms with van der Waals surface area (Å²) in [6, 6.07) is 3.71. The predicted octanol–water partition coefficient (Wildman–Crippen LogP) is 2.66. The summed E-state index contributed by atoms with van der Waals surface area (Å²) in [6.45, 7) is 0. The van der Waals surface area contributed by atoms with E-state index in [1.165, 1.54) is 18.4 Å². The highest BCUT2D eigenvalue weighted by Gasteiger charge is 2.16. The lowest BCUT2D eigenvalue weighted by molar-refractivity contribution is -0.136. The fourth-order valence-corrected chi connectivity index (χ4v) is 2.31. The Bertz CT molecular complexity index is 346. The second kappa shape index (κ2) is 6.24.